The van der Waals surface area contributed by atoms with Crippen LogP contribution >= 0.6 is 22.9 Å². The zero-order valence-electron chi connectivity index (χ0n) is 10.9. The number of ether oxygens (including phenoxy) is 1. The number of halogens is 1. The van der Waals surface area contributed by atoms with Crippen molar-refractivity contribution in [2.24, 2.45) is 0 Å². The number of aromatic carboxylic acids is 1. The average molecular weight is 327 g/mol. The van der Waals surface area contributed by atoms with Crippen LogP contribution < -0.4 is 10.1 Å². The predicted molar refractivity (Wildman–Crippen MR) is 79.4 cm³/mol. The fraction of sp³-hybridized carbons (Fsp3) is 0.154. The number of benzene rings is 1. The van der Waals surface area contributed by atoms with Crippen LogP contribution in [0.4, 0.5) is 5.13 Å². The van der Waals surface area contributed by atoms with Gasteiger partial charge in [0.15, 0.2) is 11.7 Å². The molecule has 2 N–H and O–H groups in total. The van der Waals surface area contributed by atoms with Crippen LogP contribution in [0.1, 0.15) is 16.1 Å². The summed E-state index contributed by atoms with van der Waals surface area (Å²) in [6, 6.07) is 4.03. The lowest BCUT2D eigenvalue weighted by molar-refractivity contribution is -0.118. The van der Waals surface area contributed by atoms with Crippen LogP contribution in [-0.4, -0.2) is 28.6 Å². The monoisotopic (exact) mass is 326 g/mol. The molecule has 0 spiro atoms. The maximum Gasteiger partial charge on any atom is 0.335 e. The van der Waals surface area contributed by atoms with Gasteiger partial charge in [-0.25, -0.2) is 9.78 Å². The van der Waals surface area contributed by atoms with Crippen molar-refractivity contribution in [3.63, 3.8) is 0 Å². The van der Waals surface area contributed by atoms with E-state index in [2.05, 4.69) is 10.3 Å². The molecule has 1 amide bonds. The zero-order valence-corrected chi connectivity index (χ0v) is 12.5. The van der Waals surface area contributed by atoms with Crippen molar-refractivity contribution in [1.82, 2.24) is 4.98 Å². The highest BCUT2D eigenvalue weighted by atomic mass is 35.5. The van der Waals surface area contributed by atoms with E-state index in [1.165, 1.54) is 29.5 Å². The molecular weight excluding hydrogens is 316 g/mol. The van der Waals surface area contributed by atoms with Crippen molar-refractivity contribution in [2.45, 2.75) is 6.92 Å². The Morgan fingerprint density at radius 2 is 2.24 bits per heavy atom. The summed E-state index contributed by atoms with van der Waals surface area (Å²) in [5, 5.41) is 13.8. The number of nitrogens with zero attached hydrogens (tertiary/aromatic N) is 1. The van der Waals surface area contributed by atoms with Gasteiger partial charge in [0, 0.05) is 5.38 Å². The molecule has 2 rings (SSSR count). The van der Waals surface area contributed by atoms with Gasteiger partial charge in [-0.2, -0.15) is 0 Å². The molecule has 0 atom stereocenters. The quantitative estimate of drug-likeness (QED) is 0.882. The molecule has 8 heteroatoms. The van der Waals surface area contributed by atoms with Crippen LogP contribution in [-0.2, 0) is 4.79 Å². The van der Waals surface area contributed by atoms with Crippen LogP contribution in [0.25, 0.3) is 0 Å². The van der Waals surface area contributed by atoms with Gasteiger partial charge in [-0.3, -0.25) is 10.1 Å². The second-order valence-corrected chi connectivity index (χ2v) is 5.35. The van der Waals surface area contributed by atoms with Crippen LogP contribution in [0.2, 0.25) is 5.02 Å². The fourth-order valence-corrected chi connectivity index (χ4v) is 2.40. The summed E-state index contributed by atoms with van der Waals surface area (Å²) in [7, 11) is 0. The first-order chi connectivity index (χ1) is 9.95. The number of amides is 1. The van der Waals surface area contributed by atoms with Crippen molar-refractivity contribution in [2.75, 3.05) is 11.9 Å². The van der Waals surface area contributed by atoms with Gasteiger partial charge in [0.25, 0.3) is 5.91 Å². The van der Waals surface area contributed by atoms with Crippen molar-refractivity contribution in [1.29, 1.82) is 0 Å². The number of thiazole rings is 1. The minimum absolute atomic E-state index is 0.0510. The van der Waals surface area contributed by atoms with E-state index < -0.39 is 5.97 Å². The summed E-state index contributed by atoms with van der Waals surface area (Å²) in [5.74, 6) is -1.21. The number of hydrogen-bond donors (Lipinski definition) is 2. The Balaban J connectivity index is 1.93. The molecule has 0 aliphatic rings. The average Bonchev–Trinajstić information content (AvgIpc) is 2.82. The van der Waals surface area contributed by atoms with E-state index in [0.29, 0.717) is 5.13 Å². The number of aromatic nitrogens is 1. The Labute approximate surface area is 129 Å². The van der Waals surface area contributed by atoms with Gasteiger partial charge in [-0.1, -0.05) is 11.6 Å². The summed E-state index contributed by atoms with van der Waals surface area (Å²) >= 11 is 7.21. The van der Waals surface area contributed by atoms with Gasteiger partial charge in [-0.05, 0) is 25.1 Å². The maximum atomic E-state index is 11.7. The molecule has 2 aromatic rings. The molecule has 0 radical (unpaired) electrons. The molecule has 0 aliphatic heterocycles. The number of anilines is 1. The van der Waals surface area contributed by atoms with Crippen molar-refractivity contribution in [3.8, 4) is 5.75 Å². The number of aryl methyl sites for hydroxylation is 1. The van der Waals surface area contributed by atoms with E-state index in [1.807, 2.05) is 12.3 Å². The number of hydrogen-bond acceptors (Lipinski definition) is 5. The van der Waals surface area contributed by atoms with Gasteiger partial charge < -0.3 is 9.84 Å². The highest BCUT2D eigenvalue weighted by molar-refractivity contribution is 7.13. The third-order valence-corrected chi connectivity index (χ3v) is 3.57. The van der Waals surface area contributed by atoms with Crippen molar-refractivity contribution < 1.29 is 19.4 Å². The molecule has 1 heterocycles. The third kappa shape index (κ3) is 4.17. The third-order valence-electron chi connectivity index (χ3n) is 2.40. The normalized spacial score (nSPS) is 10.2. The number of carboxylic acid groups (broad SMARTS) is 1. The smallest absolute Gasteiger partial charge is 0.335 e. The molecule has 1 aromatic carbocycles. The summed E-state index contributed by atoms with van der Waals surface area (Å²) in [4.78, 5) is 26.5. The summed E-state index contributed by atoms with van der Waals surface area (Å²) in [6.07, 6.45) is 0. The molecule has 6 nitrogen and oxygen atoms in total. The van der Waals surface area contributed by atoms with Gasteiger partial charge in [-0.15, -0.1) is 11.3 Å². The standard InChI is InChI=1S/C13H11ClN2O4S/c1-7-6-21-13(15-7)16-11(17)5-20-10-3-2-8(12(18)19)4-9(10)14/h2-4,6H,5H2,1H3,(H,18,19)(H,15,16,17). The van der Waals surface area contributed by atoms with Crippen LogP contribution in [0.5, 0.6) is 5.75 Å². The highest BCUT2D eigenvalue weighted by Crippen LogP contribution is 2.25. The lowest BCUT2D eigenvalue weighted by atomic mass is 10.2. The first-order valence-corrected chi connectivity index (χ1v) is 7.09. The van der Waals surface area contributed by atoms with Gasteiger partial charge in [0.1, 0.15) is 5.75 Å². The number of carbonyl (C=O) groups excluding carboxylic acids is 1. The molecule has 0 aliphatic carbocycles. The molecule has 0 fully saturated rings. The van der Waals surface area contributed by atoms with Gasteiger partial charge in [0.2, 0.25) is 0 Å². The van der Waals surface area contributed by atoms with E-state index in [0.717, 1.165) is 5.69 Å². The van der Waals surface area contributed by atoms with Crippen LogP contribution in [0, 0.1) is 6.92 Å². The Morgan fingerprint density at radius 3 is 2.81 bits per heavy atom. The number of rotatable bonds is 5. The molecule has 0 saturated carbocycles. The molecule has 1 aromatic heterocycles. The highest BCUT2D eigenvalue weighted by Gasteiger charge is 2.10. The van der Waals surface area contributed by atoms with E-state index in [-0.39, 0.29) is 28.8 Å². The molecule has 110 valence electrons. The summed E-state index contributed by atoms with van der Waals surface area (Å²) in [6.45, 7) is 1.58. The second kappa shape index (κ2) is 6.55. The zero-order chi connectivity index (χ0) is 15.4. The molecule has 21 heavy (non-hydrogen) atoms. The number of carboxylic acids is 1. The van der Waals surface area contributed by atoms with Gasteiger partial charge in [0.05, 0.1) is 16.3 Å². The van der Waals surface area contributed by atoms with Crippen LogP contribution in [0.15, 0.2) is 23.6 Å². The minimum Gasteiger partial charge on any atom is -0.482 e. The fourth-order valence-electron chi connectivity index (χ4n) is 1.46. The Hall–Kier alpha value is -2.12. The van der Waals surface area contributed by atoms with Gasteiger partial charge >= 0.3 is 5.97 Å². The summed E-state index contributed by atoms with van der Waals surface area (Å²) < 4.78 is 5.25. The van der Waals surface area contributed by atoms with E-state index in [1.54, 1.807) is 0 Å². The number of nitrogens with one attached hydrogen (secondary N) is 1. The second-order valence-electron chi connectivity index (χ2n) is 4.08. The first-order valence-electron chi connectivity index (χ1n) is 5.83. The SMILES string of the molecule is Cc1csc(NC(=O)COc2ccc(C(=O)O)cc2Cl)n1. The molecule has 0 saturated heterocycles. The Bertz CT molecular complexity index is 687. The minimum atomic E-state index is -1.08. The van der Waals surface area contributed by atoms with Crippen molar-refractivity contribution in [3.05, 3.63) is 39.9 Å². The lowest BCUT2D eigenvalue weighted by Gasteiger charge is -2.08. The number of carbonyl (C=O) groups is 2. The largest absolute Gasteiger partial charge is 0.482 e. The Kier molecular flexibility index (Phi) is 4.77. The van der Waals surface area contributed by atoms with E-state index in [9.17, 15) is 9.59 Å². The maximum absolute atomic E-state index is 11.7. The topological polar surface area (TPSA) is 88.5 Å². The summed E-state index contributed by atoms with van der Waals surface area (Å²) in [5.41, 5.74) is 0.874. The molecule has 0 unspecified atom stereocenters. The molecular formula is C13H11ClN2O4S. The van der Waals surface area contributed by atoms with Crippen LogP contribution in [0.3, 0.4) is 0 Å². The lowest BCUT2D eigenvalue weighted by Crippen LogP contribution is -2.20. The predicted octanol–water partition coefficient (Wildman–Crippen LogP) is 2.82. The van der Waals surface area contributed by atoms with E-state index in [4.69, 9.17) is 21.4 Å². The van der Waals surface area contributed by atoms with Crippen molar-refractivity contribution >= 4 is 39.9 Å². The van der Waals surface area contributed by atoms with E-state index >= 15 is 0 Å². The first kappa shape index (κ1) is 15.3. The molecule has 0 bridgehead atoms. The Morgan fingerprint density at radius 1 is 1.48 bits per heavy atom.